The van der Waals surface area contributed by atoms with Crippen molar-refractivity contribution in [3.63, 3.8) is 0 Å². The molecule has 1 unspecified atom stereocenters. The quantitative estimate of drug-likeness (QED) is 0.860. The van der Waals surface area contributed by atoms with Gasteiger partial charge in [-0.25, -0.2) is 9.48 Å². The summed E-state index contributed by atoms with van der Waals surface area (Å²) < 4.78 is 7.07. The minimum Gasteiger partial charge on any atom is -0.478 e. The van der Waals surface area contributed by atoms with E-state index in [2.05, 4.69) is 15.4 Å². The molecule has 120 valence electrons. The summed E-state index contributed by atoms with van der Waals surface area (Å²) in [5.41, 5.74) is 0.180. The molecule has 0 spiro atoms. The predicted molar refractivity (Wildman–Crippen MR) is 80.3 cm³/mol. The molecule has 23 heavy (non-hydrogen) atoms. The Labute approximate surface area is 132 Å². The number of ether oxygens (including phenoxy) is 1. The molecule has 3 rings (SSSR count). The Hall–Kier alpha value is -2.74. The van der Waals surface area contributed by atoms with Crippen LogP contribution in [-0.4, -0.2) is 45.0 Å². The summed E-state index contributed by atoms with van der Waals surface area (Å²) in [6.07, 6.45) is 3.75. The van der Waals surface area contributed by atoms with Crippen LogP contribution in [0.2, 0.25) is 0 Å². The maximum atomic E-state index is 12.2. The lowest BCUT2D eigenvalue weighted by Gasteiger charge is -2.12. The molecule has 8 heteroatoms. The van der Waals surface area contributed by atoms with Gasteiger partial charge in [-0.3, -0.25) is 9.78 Å². The molecule has 1 aliphatic heterocycles. The van der Waals surface area contributed by atoms with Crippen LogP contribution in [0, 0.1) is 5.92 Å². The number of carbonyl (C=O) groups excluding carboxylic acids is 1. The zero-order chi connectivity index (χ0) is 16.2. The lowest BCUT2D eigenvalue weighted by atomic mass is 10.1. The standard InChI is InChI=1S/C15H16N4O4/c20-14(12-2-1-11(7-16-12)15(21)22)18-13-3-5-17-19(13)8-10-4-6-23-9-10/h1-3,5,7,10H,4,6,8-9H2,(H,18,20)(H,21,22). The fourth-order valence-corrected chi connectivity index (χ4v) is 2.39. The van der Waals surface area contributed by atoms with Crippen LogP contribution in [-0.2, 0) is 11.3 Å². The Morgan fingerprint density at radius 1 is 1.39 bits per heavy atom. The second-order valence-electron chi connectivity index (χ2n) is 5.32. The minimum atomic E-state index is -1.08. The number of carboxylic acid groups (broad SMARTS) is 1. The third-order valence-electron chi connectivity index (χ3n) is 3.66. The van der Waals surface area contributed by atoms with Gasteiger partial charge in [-0.2, -0.15) is 5.10 Å². The van der Waals surface area contributed by atoms with Gasteiger partial charge in [0.05, 0.1) is 18.4 Å². The van der Waals surface area contributed by atoms with E-state index in [1.54, 1.807) is 16.9 Å². The summed E-state index contributed by atoms with van der Waals surface area (Å²) >= 11 is 0. The van der Waals surface area contributed by atoms with E-state index in [1.807, 2.05) is 0 Å². The van der Waals surface area contributed by atoms with Gasteiger partial charge >= 0.3 is 5.97 Å². The van der Waals surface area contributed by atoms with Crippen molar-refractivity contribution in [3.8, 4) is 0 Å². The molecule has 0 bridgehead atoms. The van der Waals surface area contributed by atoms with Gasteiger partial charge in [0.15, 0.2) is 0 Å². The van der Waals surface area contributed by atoms with E-state index in [0.29, 0.717) is 24.9 Å². The highest BCUT2D eigenvalue weighted by Gasteiger charge is 2.19. The molecular formula is C15H16N4O4. The zero-order valence-electron chi connectivity index (χ0n) is 12.3. The molecule has 0 aliphatic carbocycles. The first-order chi connectivity index (χ1) is 11.1. The summed E-state index contributed by atoms with van der Waals surface area (Å²) in [6.45, 7) is 2.13. The SMILES string of the molecule is O=C(O)c1ccc(C(=O)Nc2ccnn2CC2CCOC2)nc1. The Morgan fingerprint density at radius 3 is 2.91 bits per heavy atom. The molecule has 2 aromatic rings. The van der Waals surface area contributed by atoms with Crippen LogP contribution in [0.4, 0.5) is 5.82 Å². The van der Waals surface area contributed by atoms with E-state index in [1.165, 1.54) is 12.1 Å². The van der Waals surface area contributed by atoms with Gasteiger partial charge in [0.2, 0.25) is 0 Å². The summed E-state index contributed by atoms with van der Waals surface area (Å²) in [7, 11) is 0. The predicted octanol–water partition coefficient (Wildman–Crippen LogP) is 1.27. The molecule has 1 amide bonds. The van der Waals surface area contributed by atoms with E-state index in [-0.39, 0.29) is 11.3 Å². The molecule has 0 saturated carbocycles. The number of aromatic nitrogens is 3. The Kier molecular flexibility index (Phi) is 4.33. The van der Waals surface area contributed by atoms with E-state index >= 15 is 0 Å². The highest BCUT2D eigenvalue weighted by molar-refractivity contribution is 6.02. The Morgan fingerprint density at radius 2 is 2.26 bits per heavy atom. The number of hydrogen-bond donors (Lipinski definition) is 2. The van der Waals surface area contributed by atoms with Crippen LogP contribution in [0.25, 0.3) is 0 Å². The molecule has 0 radical (unpaired) electrons. The number of carbonyl (C=O) groups is 2. The van der Waals surface area contributed by atoms with E-state index in [0.717, 1.165) is 19.2 Å². The number of pyridine rings is 1. The molecule has 8 nitrogen and oxygen atoms in total. The monoisotopic (exact) mass is 316 g/mol. The van der Waals surface area contributed by atoms with Crippen molar-refractivity contribution in [2.45, 2.75) is 13.0 Å². The lowest BCUT2D eigenvalue weighted by Crippen LogP contribution is -2.19. The second-order valence-corrected chi connectivity index (χ2v) is 5.32. The van der Waals surface area contributed by atoms with E-state index in [4.69, 9.17) is 9.84 Å². The third-order valence-corrected chi connectivity index (χ3v) is 3.66. The molecule has 1 saturated heterocycles. The van der Waals surface area contributed by atoms with Crippen molar-refractivity contribution in [1.29, 1.82) is 0 Å². The van der Waals surface area contributed by atoms with E-state index in [9.17, 15) is 9.59 Å². The van der Waals surface area contributed by atoms with Gasteiger partial charge in [0.25, 0.3) is 5.91 Å². The first-order valence-corrected chi connectivity index (χ1v) is 7.24. The van der Waals surface area contributed by atoms with Crippen molar-refractivity contribution in [1.82, 2.24) is 14.8 Å². The minimum absolute atomic E-state index is 0.0350. The number of hydrogen-bond acceptors (Lipinski definition) is 5. The molecule has 1 atom stereocenters. The number of nitrogens with one attached hydrogen (secondary N) is 1. The average Bonchev–Trinajstić information content (AvgIpc) is 3.20. The molecule has 1 fully saturated rings. The van der Waals surface area contributed by atoms with Crippen molar-refractivity contribution >= 4 is 17.7 Å². The topological polar surface area (TPSA) is 106 Å². The number of aromatic carboxylic acids is 1. The number of anilines is 1. The van der Waals surface area contributed by atoms with Crippen LogP contribution in [0.1, 0.15) is 27.3 Å². The highest BCUT2D eigenvalue weighted by atomic mass is 16.5. The molecule has 3 heterocycles. The van der Waals surface area contributed by atoms with Crippen LogP contribution < -0.4 is 5.32 Å². The molecule has 1 aliphatic rings. The van der Waals surface area contributed by atoms with Crippen LogP contribution >= 0.6 is 0 Å². The Balaban J connectivity index is 1.68. The molecule has 2 N–H and O–H groups in total. The number of rotatable bonds is 5. The summed E-state index contributed by atoms with van der Waals surface area (Å²) in [5, 5.41) is 15.8. The van der Waals surface area contributed by atoms with Crippen molar-refractivity contribution in [3.05, 3.63) is 41.9 Å². The number of nitrogens with zero attached hydrogens (tertiary/aromatic N) is 3. The first kappa shape index (κ1) is 15.2. The maximum Gasteiger partial charge on any atom is 0.337 e. The van der Waals surface area contributed by atoms with Crippen LogP contribution in [0.5, 0.6) is 0 Å². The van der Waals surface area contributed by atoms with Gasteiger partial charge in [-0.05, 0) is 18.6 Å². The molecule has 0 aromatic carbocycles. The Bertz CT molecular complexity index is 705. The smallest absolute Gasteiger partial charge is 0.337 e. The fraction of sp³-hybridized carbons (Fsp3) is 0.333. The van der Waals surface area contributed by atoms with Crippen LogP contribution in [0.15, 0.2) is 30.6 Å². The summed E-state index contributed by atoms with van der Waals surface area (Å²) in [6, 6.07) is 4.43. The van der Waals surface area contributed by atoms with Crippen molar-refractivity contribution in [2.24, 2.45) is 5.92 Å². The highest BCUT2D eigenvalue weighted by Crippen LogP contribution is 2.17. The lowest BCUT2D eigenvalue weighted by molar-refractivity contribution is 0.0695. The zero-order valence-corrected chi connectivity index (χ0v) is 12.3. The van der Waals surface area contributed by atoms with Crippen molar-refractivity contribution in [2.75, 3.05) is 18.5 Å². The number of carboxylic acids is 1. The van der Waals surface area contributed by atoms with Gasteiger partial charge in [-0.1, -0.05) is 0 Å². The van der Waals surface area contributed by atoms with Crippen molar-refractivity contribution < 1.29 is 19.4 Å². The fourth-order valence-electron chi connectivity index (χ4n) is 2.39. The van der Waals surface area contributed by atoms with Gasteiger partial charge in [0, 0.05) is 31.3 Å². The van der Waals surface area contributed by atoms with Gasteiger partial charge in [0.1, 0.15) is 11.5 Å². The van der Waals surface area contributed by atoms with Gasteiger partial charge in [-0.15, -0.1) is 0 Å². The summed E-state index contributed by atoms with van der Waals surface area (Å²) in [4.78, 5) is 26.9. The number of amides is 1. The first-order valence-electron chi connectivity index (χ1n) is 7.24. The normalized spacial score (nSPS) is 17.1. The largest absolute Gasteiger partial charge is 0.478 e. The third kappa shape index (κ3) is 3.54. The maximum absolute atomic E-state index is 12.2. The second kappa shape index (κ2) is 6.57. The molecule has 2 aromatic heterocycles. The average molecular weight is 316 g/mol. The summed E-state index contributed by atoms with van der Waals surface area (Å²) in [5.74, 6) is -0.530. The molecular weight excluding hydrogens is 300 g/mol. The van der Waals surface area contributed by atoms with Crippen LogP contribution in [0.3, 0.4) is 0 Å². The van der Waals surface area contributed by atoms with E-state index < -0.39 is 11.9 Å². The van der Waals surface area contributed by atoms with Gasteiger partial charge < -0.3 is 15.2 Å².